The van der Waals surface area contributed by atoms with E-state index < -0.39 is 0 Å². The van der Waals surface area contributed by atoms with E-state index in [-0.39, 0.29) is 0 Å². The number of hydrogen-bond acceptors (Lipinski definition) is 4. The highest BCUT2D eigenvalue weighted by Crippen LogP contribution is 2.36. The van der Waals surface area contributed by atoms with Crippen LogP contribution in [0.2, 0.25) is 0 Å². The van der Waals surface area contributed by atoms with Gasteiger partial charge in [-0.2, -0.15) is 0 Å². The van der Waals surface area contributed by atoms with E-state index >= 15 is 0 Å². The summed E-state index contributed by atoms with van der Waals surface area (Å²) in [5.41, 5.74) is 7.39. The van der Waals surface area contributed by atoms with E-state index in [1.54, 1.807) is 14.2 Å². The van der Waals surface area contributed by atoms with Crippen LogP contribution in [0.5, 0.6) is 23.0 Å². The fourth-order valence-corrected chi connectivity index (χ4v) is 2.46. The summed E-state index contributed by atoms with van der Waals surface area (Å²) in [5.74, 6) is 2.81. The zero-order valence-corrected chi connectivity index (χ0v) is 13.4. The second-order valence-electron chi connectivity index (χ2n) is 5.19. The molecule has 3 rings (SSSR count). The Morgan fingerprint density at radius 3 is 2.17 bits per heavy atom. The predicted octanol–water partition coefficient (Wildman–Crippen LogP) is 3.06. The van der Waals surface area contributed by atoms with E-state index in [9.17, 15) is 0 Å². The first-order chi connectivity index (χ1) is 11.1. The zero-order valence-electron chi connectivity index (χ0n) is 13.4. The Morgan fingerprint density at radius 1 is 0.870 bits per heavy atom. The number of nitrogens with zero attached hydrogens (tertiary/aromatic N) is 1. The molecule has 3 aromatic rings. The quantitative estimate of drug-likeness (QED) is 0.594. The molecule has 2 N–H and O–H groups in total. The molecule has 0 spiro atoms. The summed E-state index contributed by atoms with van der Waals surface area (Å²) in [4.78, 5) is 0. The van der Waals surface area contributed by atoms with Gasteiger partial charge in [-0.05, 0) is 24.3 Å². The summed E-state index contributed by atoms with van der Waals surface area (Å²) in [7, 11) is 5.22. The Morgan fingerprint density at radius 2 is 1.52 bits per heavy atom. The number of benzene rings is 2. The number of nitrogen functional groups attached to an aromatic ring is 1. The van der Waals surface area contributed by atoms with E-state index in [1.165, 1.54) is 0 Å². The Bertz CT molecular complexity index is 845. The van der Waals surface area contributed by atoms with Gasteiger partial charge in [0.2, 0.25) is 5.52 Å². The molecule has 0 atom stereocenters. The van der Waals surface area contributed by atoms with Crippen molar-refractivity contribution in [2.75, 3.05) is 20.0 Å². The summed E-state index contributed by atoms with van der Waals surface area (Å²) in [6, 6.07) is 13.1. The first-order valence-corrected chi connectivity index (χ1v) is 7.20. The van der Waals surface area contributed by atoms with Crippen molar-refractivity contribution < 1.29 is 18.8 Å². The summed E-state index contributed by atoms with van der Waals surface area (Å²) in [6.07, 6.45) is 1.95. The molecule has 23 heavy (non-hydrogen) atoms. The molecule has 0 amide bonds. The van der Waals surface area contributed by atoms with Crippen molar-refractivity contribution in [3.05, 3.63) is 48.7 Å². The van der Waals surface area contributed by atoms with Crippen LogP contribution in [0.1, 0.15) is 0 Å². The van der Waals surface area contributed by atoms with Crippen molar-refractivity contribution in [3.63, 3.8) is 0 Å². The van der Waals surface area contributed by atoms with Crippen molar-refractivity contribution in [2.45, 2.75) is 0 Å². The van der Waals surface area contributed by atoms with E-state index in [0.717, 1.165) is 22.4 Å². The maximum Gasteiger partial charge on any atom is 0.220 e. The third-order valence-corrected chi connectivity index (χ3v) is 3.70. The second kappa shape index (κ2) is 6.04. The molecule has 0 fully saturated rings. The molecule has 0 bridgehead atoms. The number of anilines is 1. The molecule has 1 heterocycles. The van der Waals surface area contributed by atoms with Crippen molar-refractivity contribution in [1.82, 2.24) is 0 Å². The van der Waals surface area contributed by atoms with Gasteiger partial charge in [0.1, 0.15) is 18.5 Å². The summed E-state index contributed by atoms with van der Waals surface area (Å²) in [6.45, 7) is 0. The average molecular weight is 311 g/mol. The van der Waals surface area contributed by atoms with Crippen molar-refractivity contribution in [1.29, 1.82) is 0 Å². The van der Waals surface area contributed by atoms with Crippen LogP contribution in [-0.2, 0) is 7.05 Å². The van der Waals surface area contributed by atoms with Gasteiger partial charge in [-0.1, -0.05) is 0 Å². The summed E-state index contributed by atoms with van der Waals surface area (Å²) < 4.78 is 18.8. The Kier molecular flexibility index (Phi) is 3.93. The SMILES string of the molecule is COc1cc2c(Oc3ccc(N)cc3)cc[n+](C)c2cc1OC. The molecule has 5 nitrogen and oxygen atoms in total. The number of ether oxygens (including phenoxy) is 3. The molecule has 0 saturated carbocycles. The Labute approximate surface area is 134 Å². The van der Waals surface area contributed by atoms with E-state index in [0.29, 0.717) is 17.2 Å². The normalized spacial score (nSPS) is 10.6. The molecule has 0 aliphatic heterocycles. The smallest absolute Gasteiger partial charge is 0.220 e. The van der Waals surface area contributed by atoms with Gasteiger partial charge in [0.05, 0.1) is 25.7 Å². The lowest BCUT2D eigenvalue weighted by Gasteiger charge is -2.11. The number of fused-ring (bicyclic) bond motifs is 1. The first kappa shape index (κ1) is 15.0. The van der Waals surface area contributed by atoms with Crippen molar-refractivity contribution in [2.24, 2.45) is 7.05 Å². The van der Waals surface area contributed by atoms with Crippen LogP contribution in [0.25, 0.3) is 10.9 Å². The van der Waals surface area contributed by atoms with Crippen LogP contribution in [-0.4, -0.2) is 14.2 Å². The lowest BCUT2D eigenvalue weighted by Crippen LogP contribution is -2.28. The number of methoxy groups -OCH3 is 2. The van der Waals surface area contributed by atoms with Gasteiger partial charge in [0, 0.05) is 17.8 Å². The molecule has 5 heteroatoms. The van der Waals surface area contributed by atoms with Crippen LogP contribution in [0.3, 0.4) is 0 Å². The van der Waals surface area contributed by atoms with Crippen LogP contribution in [0, 0.1) is 0 Å². The van der Waals surface area contributed by atoms with Gasteiger partial charge in [-0.15, -0.1) is 0 Å². The molecule has 0 saturated heterocycles. The highest BCUT2D eigenvalue weighted by molar-refractivity contribution is 5.86. The Hall–Kier alpha value is -2.95. The Balaban J connectivity index is 2.13. The minimum Gasteiger partial charge on any atom is -0.493 e. The predicted molar refractivity (Wildman–Crippen MR) is 89.2 cm³/mol. The molecule has 118 valence electrons. The maximum atomic E-state index is 6.01. The van der Waals surface area contributed by atoms with Gasteiger partial charge in [-0.3, -0.25) is 0 Å². The first-order valence-electron chi connectivity index (χ1n) is 7.20. The van der Waals surface area contributed by atoms with Crippen molar-refractivity contribution >= 4 is 16.6 Å². The number of aryl methyl sites for hydroxylation is 1. The summed E-state index contributed by atoms with van der Waals surface area (Å²) >= 11 is 0. The minimum absolute atomic E-state index is 0.661. The van der Waals surface area contributed by atoms with E-state index in [2.05, 4.69) is 0 Å². The van der Waals surface area contributed by atoms with Crippen molar-refractivity contribution in [3.8, 4) is 23.0 Å². The standard InChI is InChI=1S/C18H19N2O3/c1-20-9-8-16(23-13-6-4-12(19)5-7-13)14-10-17(21-2)18(22-3)11-15(14)20/h4-11H,19H2,1-3H3/q+1. The average Bonchev–Trinajstić information content (AvgIpc) is 2.58. The minimum atomic E-state index is 0.661. The number of hydrogen-bond donors (Lipinski definition) is 1. The molecular formula is C18H19N2O3+. The molecule has 1 aromatic heterocycles. The molecule has 0 radical (unpaired) electrons. The third-order valence-electron chi connectivity index (χ3n) is 3.70. The number of rotatable bonds is 4. The molecule has 2 aromatic carbocycles. The topological polar surface area (TPSA) is 57.6 Å². The van der Waals surface area contributed by atoms with Gasteiger partial charge in [0.15, 0.2) is 17.7 Å². The van der Waals surface area contributed by atoms with E-state index in [1.807, 2.05) is 60.3 Å². The number of pyridine rings is 1. The number of nitrogens with two attached hydrogens (primary N) is 1. The maximum absolute atomic E-state index is 6.01. The van der Waals surface area contributed by atoms with Gasteiger partial charge in [0.25, 0.3) is 0 Å². The van der Waals surface area contributed by atoms with Gasteiger partial charge in [-0.25, -0.2) is 4.57 Å². The molecule has 0 aliphatic rings. The lowest BCUT2D eigenvalue weighted by molar-refractivity contribution is -0.644. The molecule has 0 aliphatic carbocycles. The largest absolute Gasteiger partial charge is 0.493 e. The van der Waals surface area contributed by atoms with Crippen LogP contribution >= 0.6 is 0 Å². The molecule has 0 unspecified atom stereocenters. The van der Waals surface area contributed by atoms with Crippen LogP contribution in [0.15, 0.2) is 48.7 Å². The van der Waals surface area contributed by atoms with Gasteiger partial charge >= 0.3 is 0 Å². The lowest BCUT2D eigenvalue weighted by atomic mass is 10.1. The van der Waals surface area contributed by atoms with Crippen LogP contribution < -0.4 is 24.5 Å². The van der Waals surface area contributed by atoms with E-state index in [4.69, 9.17) is 19.9 Å². The second-order valence-corrected chi connectivity index (χ2v) is 5.19. The monoisotopic (exact) mass is 311 g/mol. The highest BCUT2D eigenvalue weighted by atomic mass is 16.5. The fraction of sp³-hybridized carbons (Fsp3) is 0.167. The zero-order chi connectivity index (χ0) is 16.4. The number of aromatic nitrogens is 1. The third kappa shape index (κ3) is 2.85. The van der Waals surface area contributed by atoms with Gasteiger partial charge < -0.3 is 19.9 Å². The molecular weight excluding hydrogens is 292 g/mol. The summed E-state index contributed by atoms with van der Waals surface area (Å²) in [5, 5.41) is 0.935. The van der Waals surface area contributed by atoms with Crippen LogP contribution in [0.4, 0.5) is 5.69 Å². The fourth-order valence-electron chi connectivity index (χ4n) is 2.46. The highest BCUT2D eigenvalue weighted by Gasteiger charge is 2.16.